The number of benzene rings is 5. The Bertz CT molecular complexity index is 1600. The quantitative estimate of drug-likeness (QED) is 0.254. The number of aromatic hydroxyl groups is 1. The van der Waals surface area contributed by atoms with Gasteiger partial charge in [0, 0.05) is 22.7 Å². The predicted octanol–water partition coefficient (Wildman–Crippen LogP) is 6.24. The van der Waals surface area contributed by atoms with E-state index in [-0.39, 0.29) is 5.75 Å². The van der Waals surface area contributed by atoms with Crippen molar-refractivity contribution in [2.45, 2.75) is 0 Å². The minimum Gasteiger partial charge on any atom is -0.506 e. The zero-order chi connectivity index (χ0) is 19.4. The van der Waals surface area contributed by atoms with E-state index < -0.39 is 0 Å². The molecule has 1 N–H and O–H groups in total. The third kappa shape index (κ3) is 2.35. The van der Waals surface area contributed by atoms with Crippen molar-refractivity contribution in [3.8, 4) is 17.6 Å². The number of phenolic OH excluding ortho intramolecular Hbond substituents is 1. The fourth-order valence-electron chi connectivity index (χ4n) is 4.25. The number of rotatable bonds is 0. The van der Waals surface area contributed by atoms with Crippen molar-refractivity contribution in [1.82, 2.24) is 4.98 Å². The second-order valence-electron chi connectivity index (χ2n) is 7.25. The van der Waals surface area contributed by atoms with Crippen LogP contribution in [0, 0.1) is 11.8 Å². The maximum Gasteiger partial charge on any atom is 0.141 e. The lowest BCUT2D eigenvalue weighted by atomic mass is 9.92. The van der Waals surface area contributed by atoms with Crippen molar-refractivity contribution >= 4 is 43.2 Å². The molecule has 0 aliphatic carbocycles. The smallest absolute Gasteiger partial charge is 0.141 e. The summed E-state index contributed by atoms with van der Waals surface area (Å²) in [6.07, 6.45) is 1.68. The van der Waals surface area contributed by atoms with Crippen LogP contribution < -0.4 is 0 Å². The second kappa shape index (κ2) is 5.95. The zero-order valence-electron chi connectivity index (χ0n) is 15.5. The summed E-state index contributed by atoms with van der Waals surface area (Å²) >= 11 is 0. The molecule has 0 bridgehead atoms. The summed E-state index contributed by atoms with van der Waals surface area (Å²) in [6.45, 7) is 0. The summed E-state index contributed by atoms with van der Waals surface area (Å²) in [4.78, 5) is 4.28. The van der Waals surface area contributed by atoms with E-state index in [4.69, 9.17) is 0 Å². The van der Waals surface area contributed by atoms with Gasteiger partial charge in [-0.2, -0.15) is 0 Å². The lowest BCUT2D eigenvalue weighted by Crippen LogP contribution is -1.87. The van der Waals surface area contributed by atoms with Crippen LogP contribution in [-0.4, -0.2) is 10.1 Å². The van der Waals surface area contributed by atoms with E-state index in [1.807, 2.05) is 18.2 Å². The molecule has 1 aromatic heterocycles. The van der Waals surface area contributed by atoms with E-state index in [0.29, 0.717) is 5.52 Å². The predicted molar refractivity (Wildman–Crippen MR) is 120 cm³/mol. The molecular weight excluding hydrogens is 354 g/mol. The third-order valence-electron chi connectivity index (χ3n) is 5.61. The minimum absolute atomic E-state index is 0.175. The molecule has 0 radical (unpaired) electrons. The van der Waals surface area contributed by atoms with Gasteiger partial charge in [-0.25, -0.2) is 0 Å². The second-order valence-corrected chi connectivity index (χ2v) is 7.25. The summed E-state index contributed by atoms with van der Waals surface area (Å²) in [7, 11) is 0. The van der Waals surface area contributed by atoms with Crippen LogP contribution in [0.1, 0.15) is 11.1 Å². The largest absolute Gasteiger partial charge is 0.506 e. The number of aromatic nitrogens is 1. The molecule has 5 aromatic carbocycles. The van der Waals surface area contributed by atoms with Crippen LogP contribution in [0.2, 0.25) is 0 Å². The highest BCUT2D eigenvalue weighted by Gasteiger charge is 2.10. The molecule has 2 nitrogen and oxygen atoms in total. The Labute approximate surface area is 167 Å². The number of nitrogens with zero attached hydrogens (tertiary/aromatic N) is 1. The maximum atomic E-state index is 10.1. The molecule has 0 amide bonds. The number of phenols is 1. The van der Waals surface area contributed by atoms with Gasteiger partial charge < -0.3 is 5.11 Å². The van der Waals surface area contributed by atoms with Crippen LogP contribution in [0.4, 0.5) is 0 Å². The van der Waals surface area contributed by atoms with Gasteiger partial charge in [0.25, 0.3) is 0 Å². The van der Waals surface area contributed by atoms with Crippen molar-refractivity contribution in [1.29, 1.82) is 0 Å². The highest BCUT2D eigenvalue weighted by atomic mass is 16.3. The first-order valence-electron chi connectivity index (χ1n) is 9.55. The molecule has 0 aliphatic rings. The minimum atomic E-state index is 0.175. The molecule has 0 spiro atoms. The molecule has 0 aliphatic heterocycles. The van der Waals surface area contributed by atoms with Crippen LogP contribution in [0.25, 0.3) is 43.2 Å². The first-order chi connectivity index (χ1) is 14.3. The number of fused-ring (bicyclic) bond motifs is 1. The van der Waals surface area contributed by atoms with Gasteiger partial charge in [-0.3, -0.25) is 4.98 Å². The molecule has 2 heteroatoms. The molecule has 134 valence electrons. The molecule has 0 unspecified atom stereocenters. The van der Waals surface area contributed by atoms with Gasteiger partial charge >= 0.3 is 0 Å². The van der Waals surface area contributed by atoms with E-state index in [1.54, 1.807) is 12.3 Å². The summed E-state index contributed by atoms with van der Waals surface area (Å²) < 4.78 is 0. The average Bonchev–Trinajstić information content (AvgIpc) is 2.78. The van der Waals surface area contributed by atoms with E-state index in [2.05, 4.69) is 71.4 Å². The zero-order valence-corrected chi connectivity index (χ0v) is 15.5. The van der Waals surface area contributed by atoms with Gasteiger partial charge in [-0.05, 0) is 62.6 Å². The van der Waals surface area contributed by atoms with Crippen molar-refractivity contribution in [3.05, 3.63) is 96.2 Å². The van der Waals surface area contributed by atoms with E-state index in [1.165, 1.54) is 32.3 Å². The summed E-state index contributed by atoms with van der Waals surface area (Å²) in [5, 5.41) is 18.4. The van der Waals surface area contributed by atoms with Gasteiger partial charge in [0.05, 0.1) is 0 Å². The van der Waals surface area contributed by atoms with Gasteiger partial charge in [0.1, 0.15) is 11.3 Å². The Morgan fingerprint density at radius 1 is 0.586 bits per heavy atom. The van der Waals surface area contributed by atoms with Crippen LogP contribution in [-0.2, 0) is 0 Å². The van der Waals surface area contributed by atoms with E-state index >= 15 is 0 Å². The Morgan fingerprint density at radius 3 is 2.07 bits per heavy atom. The Kier molecular flexibility index (Phi) is 3.27. The van der Waals surface area contributed by atoms with Gasteiger partial charge in [-0.1, -0.05) is 60.4 Å². The first-order valence-corrected chi connectivity index (χ1v) is 9.55. The van der Waals surface area contributed by atoms with E-state index in [0.717, 1.165) is 16.5 Å². The molecule has 0 atom stereocenters. The van der Waals surface area contributed by atoms with Crippen LogP contribution in [0.3, 0.4) is 0 Å². The van der Waals surface area contributed by atoms with E-state index in [9.17, 15) is 5.11 Å². The van der Waals surface area contributed by atoms with Gasteiger partial charge in [0.2, 0.25) is 0 Å². The van der Waals surface area contributed by atoms with Crippen molar-refractivity contribution in [2.24, 2.45) is 0 Å². The van der Waals surface area contributed by atoms with Crippen LogP contribution >= 0.6 is 0 Å². The van der Waals surface area contributed by atoms with Crippen molar-refractivity contribution in [3.63, 3.8) is 0 Å². The summed E-state index contributed by atoms with van der Waals surface area (Å²) in [5.74, 6) is 6.85. The molecule has 0 fully saturated rings. The van der Waals surface area contributed by atoms with Crippen molar-refractivity contribution < 1.29 is 5.11 Å². The first kappa shape index (κ1) is 15.9. The molecule has 6 aromatic rings. The molecule has 0 saturated heterocycles. The lowest BCUT2D eigenvalue weighted by Gasteiger charge is -2.11. The Balaban J connectivity index is 1.62. The number of hydrogen-bond acceptors (Lipinski definition) is 2. The summed E-state index contributed by atoms with van der Waals surface area (Å²) in [5.41, 5.74) is 2.44. The van der Waals surface area contributed by atoms with Crippen molar-refractivity contribution in [2.75, 3.05) is 0 Å². The standard InChI is InChI=1S/C27H15NO/c29-24-15-13-18(23-5-2-16-28-27(23)24)7-6-17-8-9-21-11-10-19-3-1-4-20-12-14-22(17)26(21)25(19)20/h1-5,8-16,29H. The fraction of sp³-hybridized carbons (Fsp3) is 0. The van der Waals surface area contributed by atoms with Gasteiger partial charge in [-0.15, -0.1) is 0 Å². The topological polar surface area (TPSA) is 33.1 Å². The fourth-order valence-corrected chi connectivity index (χ4v) is 4.25. The molecule has 6 rings (SSSR count). The lowest BCUT2D eigenvalue weighted by molar-refractivity contribution is 0.480. The van der Waals surface area contributed by atoms with Crippen LogP contribution in [0.5, 0.6) is 5.75 Å². The maximum absolute atomic E-state index is 10.1. The highest BCUT2D eigenvalue weighted by Crippen LogP contribution is 2.35. The summed E-state index contributed by atoms with van der Waals surface area (Å²) in [6, 6.07) is 26.7. The Hall–Kier alpha value is -4.09. The highest BCUT2D eigenvalue weighted by molar-refractivity contribution is 6.23. The SMILES string of the molecule is Oc1ccc(C#Cc2ccc3ccc4cccc5ccc2c3c45)c2cccnc12. The van der Waals surface area contributed by atoms with Gasteiger partial charge in [0.15, 0.2) is 0 Å². The number of hydrogen-bond donors (Lipinski definition) is 1. The number of pyridine rings is 1. The molecule has 1 heterocycles. The normalized spacial score (nSPS) is 11.3. The monoisotopic (exact) mass is 369 g/mol. The molecule has 0 saturated carbocycles. The molecule has 29 heavy (non-hydrogen) atoms. The molecular formula is C27H15NO. The Morgan fingerprint density at radius 2 is 1.24 bits per heavy atom. The third-order valence-corrected chi connectivity index (χ3v) is 5.61. The average molecular weight is 369 g/mol. The van der Waals surface area contributed by atoms with Crippen LogP contribution in [0.15, 0.2) is 85.1 Å².